The van der Waals surface area contributed by atoms with Gasteiger partial charge in [0.1, 0.15) is 0 Å². The van der Waals surface area contributed by atoms with E-state index in [1.807, 2.05) is 6.07 Å². The molecule has 0 aliphatic carbocycles. The molecule has 0 saturated carbocycles. The van der Waals surface area contributed by atoms with Crippen molar-refractivity contribution >= 4 is 48.8 Å². The fourth-order valence-electron chi connectivity index (χ4n) is 2.91. The van der Waals surface area contributed by atoms with Gasteiger partial charge in [0, 0.05) is 63.3 Å². The molecule has 0 fully saturated rings. The van der Waals surface area contributed by atoms with Gasteiger partial charge in [-0.25, -0.2) is 0 Å². The van der Waals surface area contributed by atoms with E-state index in [4.69, 9.17) is 0 Å². The van der Waals surface area contributed by atoms with Gasteiger partial charge in [-0.1, -0.05) is 0 Å². The second-order valence-electron chi connectivity index (χ2n) is 6.36. The van der Waals surface area contributed by atoms with Crippen LogP contribution in [0.15, 0.2) is 59.6 Å². The maximum atomic E-state index is 10.7. The lowest BCUT2D eigenvalue weighted by molar-refractivity contribution is -0.385. The highest BCUT2D eigenvalue weighted by Crippen LogP contribution is 2.29. The summed E-state index contributed by atoms with van der Waals surface area (Å²) in [5.41, 5.74) is 1.60. The minimum atomic E-state index is -0.379. The molecule has 0 aliphatic rings. The van der Waals surface area contributed by atoms with Crippen molar-refractivity contribution < 1.29 is 9.85 Å². The van der Waals surface area contributed by atoms with Crippen LogP contribution < -0.4 is 0 Å². The monoisotopic (exact) mass is 454 g/mol. The first-order chi connectivity index (χ1) is 13.8. The molecule has 0 spiro atoms. The van der Waals surface area contributed by atoms with Gasteiger partial charge < -0.3 is 0 Å². The van der Waals surface area contributed by atoms with E-state index in [2.05, 4.69) is 25.9 Å². The lowest BCUT2D eigenvalue weighted by atomic mass is 10.1. The summed E-state index contributed by atoms with van der Waals surface area (Å²) in [6.45, 7) is 3.46. The van der Waals surface area contributed by atoms with E-state index in [-0.39, 0.29) is 21.2 Å². The third-order valence-corrected chi connectivity index (χ3v) is 5.01. The standard InChI is InChI=1S/C10H7BrN2O2.C10H8N2O2/c1-6-2-8-7(3-10(6)13(14)15)4-12-5-9(8)11;1-7-4-8-2-3-11-6-9(8)5-10(7)12(13)14/h2-5H,1H3;2-6H,1H3. The minimum absolute atomic E-state index is 0.127. The molecule has 29 heavy (non-hydrogen) atoms. The summed E-state index contributed by atoms with van der Waals surface area (Å²) in [5.74, 6) is 0. The molecule has 9 heteroatoms. The number of nitrogens with zero attached hydrogens (tertiary/aromatic N) is 4. The molecule has 146 valence electrons. The van der Waals surface area contributed by atoms with Crippen molar-refractivity contribution in [2.24, 2.45) is 0 Å². The summed E-state index contributed by atoms with van der Waals surface area (Å²) in [6.07, 6.45) is 6.59. The molecule has 0 N–H and O–H groups in total. The lowest BCUT2D eigenvalue weighted by Gasteiger charge is -2.02. The Morgan fingerprint density at radius 3 is 2.03 bits per heavy atom. The van der Waals surface area contributed by atoms with Gasteiger partial charge in [-0.15, -0.1) is 0 Å². The molecule has 4 aromatic rings. The van der Waals surface area contributed by atoms with Crippen molar-refractivity contribution in [3.63, 3.8) is 0 Å². The third-order valence-electron chi connectivity index (χ3n) is 4.38. The Morgan fingerprint density at radius 2 is 1.38 bits per heavy atom. The number of hydrogen-bond donors (Lipinski definition) is 0. The summed E-state index contributed by atoms with van der Waals surface area (Å²) in [6, 6.07) is 8.53. The zero-order valence-electron chi connectivity index (χ0n) is 15.5. The molecule has 0 radical (unpaired) electrons. The van der Waals surface area contributed by atoms with Crippen LogP contribution in [0.4, 0.5) is 11.4 Å². The van der Waals surface area contributed by atoms with Crippen molar-refractivity contribution in [1.29, 1.82) is 0 Å². The Bertz CT molecular complexity index is 1260. The van der Waals surface area contributed by atoms with Crippen LogP contribution in [0.5, 0.6) is 0 Å². The maximum Gasteiger partial charge on any atom is 0.272 e. The van der Waals surface area contributed by atoms with Gasteiger partial charge in [-0.3, -0.25) is 30.2 Å². The molecule has 0 atom stereocenters. The highest BCUT2D eigenvalue weighted by atomic mass is 79.9. The van der Waals surface area contributed by atoms with Crippen molar-refractivity contribution in [3.8, 4) is 0 Å². The number of hydrogen-bond acceptors (Lipinski definition) is 6. The van der Waals surface area contributed by atoms with Crippen LogP contribution in [0.25, 0.3) is 21.5 Å². The van der Waals surface area contributed by atoms with Gasteiger partial charge in [0.05, 0.1) is 9.85 Å². The van der Waals surface area contributed by atoms with Crippen LogP contribution in [-0.4, -0.2) is 19.8 Å². The predicted octanol–water partition coefficient (Wildman–Crippen LogP) is 5.67. The number of nitro benzene ring substituents is 2. The Morgan fingerprint density at radius 1 is 0.793 bits per heavy atom. The summed E-state index contributed by atoms with van der Waals surface area (Å²) in [5, 5.41) is 24.8. The van der Waals surface area contributed by atoms with Crippen molar-refractivity contribution in [1.82, 2.24) is 9.97 Å². The fraction of sp³-hybridized carbons (Fsp3) is 0.100. The predicted molar refractivity (Wildman–Crippen MR) is 114 cm³/mol. The number of aromatic nitrogens is 2. The lowest BCUT2D eigenvalue weighted by Crippen LogP contribution is -1.92. The Kier molecular flexibility index (Phi) is 5.79. The van der Waals surface area contributed by atoms with Gasteiger partial charge >= 0.3 is 0 Å². The summed E-state index contributed by atoms with van der Waals surface area (Å²) in [7, 11) is 0. The first-order valence-corrected chi connectivity index (χ1v) is 9.24. The minimum Gasteiger partial charge on any atom is -0.264 e. The molecule has 8 nitrogen and oxygen atoms in total. The number of aryl methyl sites for hydroxylation is 2. The average molecular weight is 455 g/mol. The molecule has 0 saturated heterocycles. The second-order valence-corrected chi connectivity index (χ2v) is 7.21. The zero-order chi connectivity index (χ0) is 21.1. The zero-order valence-corrected chi connectivity index (χ0v) is 17.1. The van der Waals surface area contributed by atoms with Crippen LogP contribution in [0.3, 0.4) is 0 Å². The van der Waals surface area contributed by atoms with E-state index in [1.54, 1.807) is 62.9 Å². The number of benzene rings is 2. The quantitative estimate of drug-likeness (QED) is 0.285. The van der Waals surface area contributed by atoms with Crippen molar-refractivity contribution in [3.05, 3.63) is 90.9 Å². The van der Waals surface area contributed by atoms with Crippen LogP contribution in [-0.2, 0) is 0 Å². The van der Waals surface area contributed by atoms with E-state index >= 15 is 0 Å². The summed E-state index contributed by atoms with van der Waals surface area (Å²) >= 11 is 3.36. The Labute approximate surface area is 173 Å². The number of fused-ring (bicyclic) bond motifs is 2. The third kappa shape index (κ3) is 4.35. The normalized spacial score (nSPS) is 10.4. The van der Waals surface area contributed by atoms with Crippen molar-refractivity contribution in [2.45, 2.75) is 13.8 Å². The molecule has 4 rings (SSSR count). The SMILES string of the molecule is Cc1cc2c(Br)cncc2cc1[N+](=O)[O-].Cc1cc2ccncc2cc1[N+](=O)[O-]. The second kappa shape index (κ2) is 8.27. The molecular formula is C20H15BrN4O4. The van der Waals surface area contributed by atoms with E-state index in [1.165, 1.54) is 0 Å². The molecule has 0 bridgehead atoms. The molecule has 2 aromatic heterocycles. The van der Waals surface area contributed by atoms with Crippen LogP contribution in [0.2, 0.25) is 0 Å². The number of rotatable bonds is 2. The Balaban J connectivity index is 0.000000166. The molecule has 0 amide bonds. The highest BCUT2D eigenvalue weighted by Gasteiger charge is 2.13. The Hall–Kier alpha value is -3.46. The molecule has 0 aliphatic heterocycles. The van der Waals surface area contributed by atoms with Gasteiger partial charge in [-0.05, 0) is 58.7 Å². The van der Waals surface area contributed by atoms with Gasteiger partial charge in [0.15, 0.2) is 0 Å². The first-order valence-electron chi connectivity index (χ1n) is 8.45. The van der Waals surface area contributed by atoms with Crippen LogP contribution in [0.1, 0.15) is 11.1 Å². The van der Waals surface area contributed by atoms with E-state index in [9.17, 15) is 20.2 Å². The maximum absolute atomic E-state index is 10.7. The van der Waals surface area contributed by atoms with E-state index < -0.39 is 0 Å². The summed E-state index contributed by atoms with van der Waals surface area (Å²) < 4.78 is 0.845. The fourth-order valence-corrected chi connectivity index (χ4v) is 3.37. The number of halogens is 1. The van der Waals surface area contributed by atoms with Gasteiger partial charge in [0.25, 0.3) is 11.4 Å². The first kappa shape index (κ1) is 20.3. The van der Waals surface area contributed by atoms with Crippen molar-refractivity contribution in [2.75, 3.05) is 0 Å². The molecule has 0 unspecified atom stereocenters. The largest absolute Gasteiger partial charge is 0.272 e. The highest BCUT2D eigenvalue weighted by molar-refractivity contribution is 9.10. The number of nitro groups is 2. The van der Waals surface area contributed by atoms with Crippen LogP contribution >= 0.6 is 15.9 Å². The molecular weight excluding hydrogens is 440 g/mol. The summed E-state index contributed by atoms with van der Waals surface area (Å²) in [4.78, 5) is 28.5. The molecule has 2 aromatic carbocycles. The van der Waals surface area contributed by atoms with Crippen LogP contribution in [0, 0.1) is 34.1 Å². The van der Waals surface area contributed by atoms with Gasteiger partial charge in [-0.2, -0.15) is 0 Å². The van der Waals surface area contributed by atoms with E-state index in [0.717, 1.165) is 26.0 Å². The smallest absolute Gasteiger partial charge is 0.264 e. The van der Waals surface area contributed by atoms with E-state index in [0.29, 0.717) is 11.1 Å². The number of pyridine rings is 2. The topological polar surface area (TPSA) is 112 Å². The average Bonchev–Trinajstić information content (AvgIpc) is 2.68. The van der Waals surface area contributed by atoms with Gasteiger partial charge in [0.2, 0.25) is 0 Å². The molecule has 2 heterocycles.